The van der Waals surface area contributed by atoms with Gasteiger partial charge in [-0.3, -0.25) is 19.5 Å². The van der Waals surface area contributed by atoms with Gasteiger partial charge in [-0.05, 0) is 73.7 Å². The van der Waals surface area contributed by atoms with Crippen molar-refractivity contribution in [1.82, 2.24) is 4.98 Å². The minimum absolute atomic E-state index is 0.00735. The lowest BCUT2D eigenvalue weighted by atomic mass is 9.95. The van der Waals surface area contributed by atoms with Crippen molar-refractivity contribution in [1.29, 1.82) is 0 Å². The van der Waals surface area contributed by atoms with Crippen LogP contribution in [0.2, 0.25) is 0 Å². The highest BCUT2D eigenvalue weighted by Crippen LogP contribution is 2.43. The molecule has 180 valence electrons. The van der Waals surface area contributed by atoms with Crippen LogP contribution in [0.4, 0.5) is 5.69 Å². The summed E-state index contributed by atoms with van der Waals surface area (Å²) in [6.07, 6.45) is 4.74. The molecule has 0 radical (unpaired) electrons. The maximum absolute atomic E-state index is 13.4. The number of benzene rings is 2. The molecule has 1 aromatic heterocycles. The highest BCUT2D eigenvalue weighted by Gasteiger charge is 2.47. The van der Waals surface area contributed by atoms with Gasteiger partial charge in [-0.1, -0.05) is 37.6 Å². The van der Waals surface area contributed by atoms with Crippen LogP contribution >= 0.6 is 0 Å². The molecule has 3 aromatic rings. The first-order valence-corrected chi connectivity index (χ1v) is 11.8. The smallest absolute Gasteiger partial charge is 0.300 e. The van der Waals surface area contributed by atoms with Gasteiger partial charge >= 0.3 is 0 Å². The monoisotopic (exact) mass is 470 g/mol. The Morgan fingerprint density at radius 1 is 1.09 bits per heavy atom. The summed E-state index contributed by atoms with van der Waals surface area (Å²) < 4.78 is 5.55. The maximum atomic E-state index is 13.4. The minimum atomic E-state index is -0.872. The number of aromatic nitrogens is 1. The summed E-state index contributed by atoms with van der Waals surface area (Å²) in [6.45, 7) is 5.92. The first-order valence-electron chi connectivity index (χ1n) is 11.8. The van der Waals surface area contributed by atoms with E-state index in [1.54, 1.807) is 30.5 Å². The Kier molecular flexibility index (Phi) is 7.01. The van der Waals surface area contributed by atoms with Gasteiger partial charge in [0.05, 0.1) is 23.9 Å². The molecule has 1 unspecified atom stereocenters. The summed E-state index contributed by atoms with van der Waals surface area (Å²) in [5.74, 6) is -1.27. The molecule has 1 aliphatic rings. The molecule has 0 spiro atoms. The number of nitrogens with zero attached hydrogens (tertiary/aromatic N) is 2. The molecule has 4 rings (SSSR count). The number of hydrogen-bond acceptors (Lipinski definition) is 5. The van der Waals surface area contributed by atoms with Crippen LogP contribution in [0.5, 0.6) is 5.75 Å². The van der Waals surface area contributed by atoms with Gasteiger partial charge in [0, 0.05) is 11.9 Å². The van der Waals surface area contributed by atoms with Crippen LogP contribution in [-0.2, 0) is 16.0 Å². The second-order valence-corrected chi connectivity index (χ2v) is 8.86. The molecule has 2 aromatic carbocycles. The number of aliphatic hydroxyl groups excluding tert-OH is 1. The van der Waals surface area contributed by atoms with Crippen LogP contribution in [-0.4, -0.2) is 28.9 Å². The third-order valence-corrected chi connectivity index (χ3v) is 6.32. The van der Waals surface area contributed by atoms with E-state index >= 15 is 0 Å². The Labute approximate surface area is 205 Å². The molecular weight excluding hydrogens is 440 g/mol. The highest BCUT2D eigenvalue weighted by molar-refractivity contribution is 6.51. The first kappa shape index (κ1) is 24.2. The predicted octanol–water partition coefficient (Wildman–Crippen LogP) is 5.68. The summed E-state index contributed by atoms with van der Waals surface area (Å²) in [5.41, 5.74) is 4.32. The number of hydrogen-bond donors (Lipinski definition) is 1. The van der Waals surface area contributed by atoms with Crippen molar-refractivity contribution in [2.75, 3.05) is 12.0 Å². The largest absolute Gasteiger partial charge is 0.507 e. The fourth-order valence-corrected chi connectivity index (χ4v) is 4.67. The average molecular weight is 471 g/mol. The Hall–Kier alpha value is -3.93. The molecule has 1 saturated heterocycles. The molecule has 6 heteroatoms. The molecule has 1 N–H and O–H groups in total. The molecule has 0 bridgehead atoms. The van der Waals surface area contributed by atoms with E-state index in [9.17, 15) is 14.7 Å². The van der Waals surface area contributed by atoms with Crippen molar-refractivity contribution in [2.24, 2.45) is 0 Å². The topological polar surface area (TPSA) is 79.7 Å². The predicted molar refractivity (Wildman–Crippen MR) is 137 cm³/mol. The molecule has 0 saturated carbocycles. The van der Waals surface area contributed by atoms with Gasteiger partial charge < -0.3 is 9.84 Å². The van der Waals surface area contributed by atoms with Gasteiger partial charge in [0.25, 0.3) is 11.7 Å². The molecule has 35 heavy (non-hydrogen) atoms. The van der Waals surface area contributed by atoms with Crippen LogP contribution in [0.1, 0.15) is 53.8 Å². The van der Waals surface area contributed by atoms with Gasteiger partial charge in [-0.2, -0.15) is 0 Å². The summed E-state index contributed by atoms with van der Waals surface area (Å²) in [4.78, 5) is 32.6. The third kappa shape index (κ3) is 4.56. The lowest BCUT2D eigenvalue weighted by Gasteiger charge is -2.25. The fourth-order valence-electron chi connectivity index (χ4n) is 4.67. The first-order chi connectivity index (χ1) is 16.9. The van der Waals surface area contributed by atoms with E-state index in [0.717, 1.165) is 30.4 Å². The summed E-state index contributed by atoms with van der Waals surface area (Å²) >= 11 is 0. The Morgan fingerprint density at radius 3 is 2.46 bits per heavy atom. The van der Waals surface area contributed by atoms with Crippen LogP contribution in [0.25, 0.3) is 5.76 Å². The van der Waals surface area contributed by atoms with E-state index in [4.69, 9.17) is 4.74 Å². The van der Waals surface area contributed by atoms with Crippen LogP contribution in [0, 0.1) is 13.8 Å². The Balaban J connectivity index is 1.90. The van der Waals surface area contributed by atoms with E-state index in [1.807, 2.05) is 44.2 Å². The van der Waals surface area contributed by atoms with E-state index in [2.05, 4.69) is 11.9 Å². The normalized spacial score (nSPS) is 17.1. The zero-order valence-corrected chi connectivity index (χ0v) is 20.5. The highest BCUT2D eigenvalue weighted by atomic mass is 16.5. The summed E-state index contributed by atoms with van der Waals surface area (Å²) in [5, 5.41) is 11.5. The van der Waals surface area contributed by atoms with Crippen molar-refractivity contribution >= 4 is 23.1 Å². The van der Waals surface area contributed by atoms with Crippen molar-refractivity contribution in [2.45, 2.75) is 46.1 Å². The van der Waals surface area contributed by atoms with E-state index in [1.165, 1.54) is 17.6 Å². The van der Waals surface area contributed by atoms with Gasteiger partial charge in [0.1, 0.15) is 17.6 Å². The quantitative estimate of drug-likeness (QED) is 0.273. The number of anilines is 1. The summed E-state index contributed by atoms with van der Waals surface area (Å²) in [6, 6.07) is 15.8. The molecular formula is C29H30N2O4. The van der Waals surface area contributed by atoms with Gasteiger partial charge in [-0.15, -0.1) is 0 Å². The number of ether oxygens (including phenoxy) is 1. The van der Waals surface area contributed by atoms with E-state index in [0.29, 0.717) is 22.7 Å². The van der Waals surface area contributed by atoms with Gasteiger partial charge in [0.2, 0.25) is 0 Å². The van der Waals surface area contributed by atoms with Gasteiger partial charge in [-0.25, -0.2) is 0 Å². The lowest BCUT2D eigenvalue weighted by Crippen LogP contribution is -2.29. The molecule has 1 aliphatic heterocycles. The molecule has 1 atom stereocenters. The fraction of sp³-hybridized carbons (Fsp3) is 0.276. The third-order valence-electron chi connectivity index (χ3n) is 6.32. The Bertz CT molecular complexity index is 1280. The van der Waals surface area contributed by atoms with Crippen molar-refractivity contribution < 1.29 is 19.4 Å². The number of rotatable bonds is 7. The number of ketones is 1. The summed E-state index contributed by atoms with van der Waals surface area (Å²) in [7, 11) is 1.52. The Morgan fingerprint density at radius 2 is 1.83 bits per heavy atom. The van der Waals surface area contributed by atoms with Crippen LogP contribution < -0.4 is 9.64 Å². The van der Waals surface area contributed by atoms with E-state index < -0.39 is 17.7 Å². The maximum Gasteiger partial charge on any atom is 0.300 e. The average Bonchev–Trinajstić information content (AvgIpc) is 3.13. The zero-order chi connectivity index (χ0) is 25.1. The molecule has 1 fully saturated rings. The lowest BCUT2D eigenvalue weighted by molar-refractivity contribution is -0.132. The standard InChI is InChI=1S/C29H30N2O4/c1-5-6-9-20-11-13-21(14-12-20)31-25(23-10-7-8-15-30-23)24(27(33)29(31)34)26(32)22-17-18(2)16-19(3)28(22)35-4/h7-8,10-17,25,32H,5-6,9H2,1-4H3/b26-24+. The number of pyridine rings is 1. The number of aliphatic hydroxyl groups is 1. The number of aryl methyl sites for hydroxylation is 3. The van der Waals surface area contributed by atoms with Crippen molar-refractivity contribution in [3.05, 3.63) is 94.3 Å². The SMILES string of the molecule is CCCCc1ccc(N2C(=O)C(=O)/C(=C(/O)c3cc(C)cc(C)c3OC)C2c2ccccn2)cc1. The second kappa shape index (κ2) is 10.1. The molecule has 0 aliphatic carbocycles. The molecule has 1 amide bonds. The molecule has 2 heterocycles. The van der Waals surface area contributed by atoms with Gasteiger partial charge in [0.15, 0.2) is 0 Å². The van der Waals surface area contributed by atoms with Crippen LogP contribution in [0.15, 0.2) is 66.4 Å². The van der Waals surface area contributed by atoms with Crippen molar-refractivity contribution in [3.8, 4) is 5.75 Å². The number of carbonyl (C=O) groups excluding carboxylic acids is 2. The zero-order valence-electron chi connectivity index (χ0n) is 20.5. The number of unbranched alkanes of at least 4 members (excludes halogenated alkanes) is 1. The van der Waals surface area contributed by atoms with E-state index in [-0.39, 0.29) is 11.3 Å². The number of methoxy groups -OCH3 is 1. The van der Waals surface area contributed by atoms with Crippen LogP contribution in [0.3, 0.4) is 0 Å². The number of Topliss-reactive ketones (excluding diaryl/α,β-unsaturated/α-hetero) is 1. The number of carbonyl (C=O) groups is 2. The second-order valence-electron chi connectivity index (χ2n) is 8.86. The van der Waals surface area contributed by atoms with Crippen molar-refractivity contribution in [3.63, 3.8) is 0 Å². The minimum Gasteiger partial charge on any atom is -0.507 e. The molecule has 6 nitrogen and oxygen atoms in total. The number of amides is 1.